The molecule has 0 aliphatic carbocycles. The standard InChI is InChI=1S/C13H16N5Se/c1-2-18-5-3-13(4-6-18)9(7-14)11(16)17-12(19)10(13)8-15/h14H,2-6H2,1H3,(H2,16,17). The number of allylic oxidation sites excluding steroid dienone is 1. The molecule has 5 nitrogen and oxygen atoms in total. The SMILES string of the molecule is CCN1CCC2(CC1)C(=C=N)C(N)=NC([Se])=C2C#N. The first-order valence-electron chi connectivity index (χ1n) is 6.28. The van der Waals surface area contributed by atoms with E-state index in [0.29, 0.717) is 21.6 Å². The topological polar surface area (TPSA) is 89.3 Å². The van der Waals surface area contributed by atoms with Crippen molar-refractivity contribution in [3.63, 3.8) is 0 Å². The van der Waals surface area contributed by atoms with Crippen molar-refractivity contribution >= 4 is 27.7 Å². The van der Waals surface area contributed by atoms with E-state index in [4.69, 9.17) is 11.1 Å². The number of hydrogen-bond acceptors (Lipinski definition) is 5. The van der Waals surface area contributed by atoms with E-state index < -0.39 is 5.41 Å². The molecule has 0 atom stereocenters. The van der Waals surface area contributed by atoms with Gasteiger partial charge in [0.1, 0.15) is 0 Å². The van der Waals surface area contributed by atoms with E-state index in [1.807, 2.05) is 0 Å². The van der Waals surface area contributed by atoms with Gasteiger partial charge in [-0.05, 0) is 0 Å². The van der Waals surface area contributed by atoms with Crippen LogP contribution < -0.4 is 5.73 Å². The maximum absolute atomic E-state index is 9.45. The van der Waals surface area contributed by atoms with E-state index in [1.54, 1.807) is 0 Å². The molecule has 2 aliphatic heterocycles. The maximum atomic E-state index is 9.45. The molecule has 1 spiro atoms. The minimum absolute atomic E-state index is 0.313. The Hall–Kier alpha value is -1.37. The average molecular weight is 321 g/mol. The van der Waals surface area contributed by atoms with E-state index in [1.165, 1.54) is 0 Å². The zero-order chi connectivity index (χ0) is 14.0. The van der Waals surface area contributed by atoms with Gasteiger partial charge >= 0.3 is 121 Å². The molecule has 0 aromatic rings. The Morgan fingerprint density at radius 2 is 2.16 bits per heavy atom. The van der Waals surface area contributed by atoms with Gasteiger partial charge in [0, 0.05) is 0 Å². The van der Waals surface area contributed by atoms with Gasteiger partial charge in [-0.3, -0.25) is 0 Å². The number of nitrogens with zero attached hydrogens (tertiary/aromatic N) is 3. The summed E-state index contributed by atoms with van der Waals surface area (Å²) in [7, 11) is 0. The van der Waals surface area contributed by atoms with Crippen molar-refractivity contribution in [2.75, 3.05) is 19.6 Å². The first kappa shape index (κ1) is 14.0. The molecule has 2 aliphatic rings. The van der Waals surface area contributed by atoms with Crippen LogP contribution in [0.4, 0.5) is 0 Å². The summed E-state index contributed by atoms with van der Waals surface area (Å²) in [6.07, 6.45) is 1.57. The summed E-state index contributed by atoms with van der Waals surface area (Å²) < 4.78 is 0.559. The quantitative estimate of drug-likeness (QED) is 0.545. The predicted molar refractivity (Wildman–Crippen MR) is 75.0 cm³/mol. The summed E-state index contributed by atoms with van der Waals surface area (Å²) in [5, 5.41) is 17.0. The number of nitrogens with one attached hydrogen (secondary N) is 1. The van der Waals surface area contributed by atoms with Crippen LogP contribution in [0.3, 0.4) is 0 Å². The Kier molecular flexibility index (Phi) is 3.93. The molecule has 0 aromatic carbocycles. The second-order valence-electron chi connectivity index (χ2n) is 4.81. The molecule has 3 N–H and O–H groups in total. The van der Waals surface area contributed by atoms with Crippen LogP contribution in [-0.2, 0) is 0 Å². The van der Waals surface area contributed by atoms with Crippen molar-refractivity contribution < 1.29 is 0 Å². The van der Waals surface area contributed by atoms with E-state index in [0.717, 1.165) is 32.5 Å². The number of nitrogens with two attached hydrogens (primary N) is 1. The van der Waals surface area contributed by atoms with Crippen molar-refractivity contribution in [3.8, 4) is 6.07 Å². The fraction of sp³-hybridized carbons (Fsp3) is 0.538. The number of hydrogen-bond donors (Lipinski definition) is 2. The molecule has 1 saturated heterocycles. The summed E-state index contributed by atoms with van der Waals surface area (Å²) >= 11 is 2.83. The third-order valence-corrected chi connectivity index (χ3v) is 4.66. The molecular weight excluding hydrogens is 305 g/mol. The Morgan fingerprint density at radius 1 is 1.53 bits per heavy atom. The molecule has 0 aromatic heterocycles. The number of aliphatic imine (C=N–C) groups is 1. The molecule has 0 saturated carbocycles. The van der Waals surface area contributed by atoms with Crippen LogP contribution in [0.15, 0.2) is 20.7 Å². The number of rotatable bonds is 1. The Bertz CT molecular complexity index is 540. The van der Waals surface area contributed by atoms with Crippen LogP contribution in [0.5, 0.6) is 0 Å². The molecular formula is C13H16N5Se. The van der Waals surface area contributed by atoms with Gasteiger partial charge in [-0.15, -0.1) is 0 Å². The minimum atomic E-state index is -0.478. The van der Waals surface area contributed by atoms with E-state index in [2.05, 4.69) is 44.8 Å². The Balaban J connectivity index is 2.50. The molecule has 0 amide bonds. The second kappa shape index (κ2) is 5.32. The molecule has 6 heteroatoms. The summed E-state index contributed by atoms with van der Waals surface area (Å²) in [6, 6.07) is 2.25. The van der Waals surface area contributed by atoms with Crippen LogP contribution in [0.2, 0.25) is 0 Å². The zero-order valence-corrected chi connectivity index (χ0v) is 12.6. The Morgan fingerprint density at radius 3 is 2.63 bits per heavy atom. The van der Waals surface area contributed by atoms with Crippen molar-refractivity contribution in [1.29, 1.82) is 10.7 Å². The Labute approximate surface area is 121 Å². The van der Waals surface area contributed by atoms with Gasteiger partial charge in [-0.25, -0.2) is 0 Å². The second-order valence-corrected chi connectivity index (χ2v) is 5.62. The van der Waals surface area contributed by atoms with Gasteiger partial charge in [-0.2, -0.15) is 0 Å². The fourth-order valence-corrected chi connectivity index (χ4v) is 3.60. The first-order valence-corrected chi connectivity index (χ1v) is 7.13. The number of piperidine rings is 1. The molecule has 0 unspecified atom stereocenters. The van der Waals surface area contributed by atoms with E-state index in [9.17, 15) is 5.26 Å². The summed E-state index contributed by atoms with van der Waals surface area (Å²) in [5.74, 6) is 2.74. The molecule has 1 radical (unpaired) electrons. The van der Waals surface area contributed by atoms with Crippen molar-refractivity contribution in [1.82, 2.24) is 4.90 Å². The van der Waals surface area contributed by atoms with Crippen LogP contribution >= 0.6 is 0 Å². The summed E-state index contributed by atoms with van der Waals surface area (Å²) in [6.45, 7) is 4.92. The molecule has 0 bridgehead atoms. The number of likely N-dealkylation sites (tertiary alicyclic amines) is 1. The third-order valence-electron chi connectivity index (χ3n) is 4.04. The van der Waals surface area contributed by atoms with Crippen LogP contribution in [0.1, 0.15) is 19.8 Å². The molecule has 19 heavy (non-hydrogen) atoms. The molecule has 2 heterocycles. The molecule has 1 fully saturated rings. The van der Waals surface area contributed by atoms with Crippen LogP contribution in [-0.4, -0.2) is 52.3 Å². The predicted octanol–water partition coefficient (Wildman–Crippen LogP) is 0.538. The van der Waals surface area contributed by atoms with E-state index in [-0.39, 0.29) is 0 Å². The average Bonchev–Trinajstić information content (AvgIpc) is 2.40. The third kappa shape index (κ3) is 2.16. The van der Waals surface area contributed by atoms with E-state index >= 15 is 0 Å². The van der Waals surface area contributed by atoms with Crippen molar-refractivity contribution in [2.45, 2.75) is 19.8 Å². The van der Waals surface area contributed by atoms with Gasteiger partial charge in [0.25, 0.3) is 0 Å². The van der Waals surface area contributed by atoms with Crippen LogP contribution in [0, 0.1) is 22.2 Å². The normalized spacial score (nSPS) is 22.9. The van der Waals surface area contributed by atoms with Gasteiger partial charge < -0.3 is 0 Å². The molecule has 2 rings (SSSR count). The van der Waals surface area contributed by atoms with Crippen molar-refractivity contribution in [3.05, 3.63) is 15.7 Å². The summed E-state index contributed by atoms with van der Waals surface area (Å²) in [4.78, 5) is 6.47. The molecule has 99 valence electrons. The van der Waals surface area contributed by atoms with Gasteiger partial charge in [-0.1, -0.05) is 0 Å². The van der Waals surface area contributed by atoms with Crippen molar-refractivity contribution in [2.24, 2.45) is 16.1 Å². The summed E-state index contributed by atoms with van der Waals surface area (Å²) in [5.41, 5.74) is 6.62. The fourth-order valence-electron chi connectivity index (χ4n) is 2.89. The van der Waals surface area contributed by atoms with Gasteiger partial charge in [0.05, 0.1) is 0 Å². The van der Waals surface area contributed by atoms with Crippen LogP contribution in [0.25, 0.3) is 0 Å². The first-order chi connectivity index (χ1) is 9.08. The van der Waals surface area contributed by atoms with Gasteiger partial charge in [0.15, 0.2) is 0 Å². The number of amidine groups is 1. The monoisotopic (exact) mass is 322 g/mol. The number of nitriles is 1. The van der Waals surface area contributed by atoms with Gasteiger partial charge in [0.2, 0.25) is 0 Å². The zero-order valence-electron chi connectivity index (χ0n) is 10.9.